The summed E-state index contributed by atoms with van der Waals surface area (Å²) in [6, 6.07) is 14.3. The van der Waals surface area contributed by atoms with E-state index in [4.69, 9.17) is 14.2 Å². The van der Waals surface area contributed by atoms with Gasteiger partial charge in [-0.2, -0.15) is 0 Å². The predicted octanol–water partition coefficient (Wildman–Crippen LogP) is 3.23. The van der Waals surface area contributed by atoms with Gasteiger partial charge < -0.3 is 29.3 Å². The molecule has 7 nitrogen and oxygen atoms in total. The minimum Gasteiger partial charge on any atom is -0.496 e. The van der Waals surface area contributed by atoms with E-state index in [1.807, 2.05) is 25.2 Å². The van der Waals surface area contributed by atoms with Crippen LogP contribution < -0.4 is 24.4 Å². The van der Waals surface area contributed by atoms with Crippen LogP contribution in [0.15, 0.2) is 47.5 Å². The summed E-state index contributed by atoms with van der Waals surface area (Å²) in [5.41, 5.74) is 2.25. The van der Waals surface area contributed by atoms with Crippen LogP contribution in [0.1, 0.15) is 5.56 Å². The van der Waals surface area contributed by atoms with Gasteiger partial charge in [-0.15, -0.1) is 24.0 Å². The highest BCUT2D eigenvalue weighted by Gasteiger charge is 2.20. The van der Waals surface area contributed by atoms with Crippen molar-refractivity contribution in [1.29, 1.82) is 0 Å². The van der Waals surface area contributed by atoms with Crippen molar-refractivity contribution < 1.29 is 14.2 Å². The van der Waals surface area contributed by atoms with Gasteiger partial charge in [0.25, 0.3) is 0 Å². The minimum absolute atomic E-state index is 0. The molecule has 0 spiro atoms. The number of hydrogen-bond donors (Lipinski definition) is 1. The van der Waals surface area contributed by atoms with Crippen LogP contribution in [-0.4, -0.2) is 65.4 Å². The van der Waals surface area contributed by atoms with Gasteiger partial charge in [0.1, 0.15) is 5.75 Å². The van der Waals surface area contributed by atoms with Crippen molar-refractivity contribution in [2.45, 2.75) is 6.54 Å². The molecule has 0 saturated carbocycles. The summed E-state index contributed by atoms with van der Waals surface area (Å²) >= 11 is 0. The average molecular weight is 526 g/mol. The van der Waals surface area contributed by atoms with E-state index in [0.717, 1.165) is 43.5 Å². The highest BCUT2D eigenvalue weighted by atomic mass is 127. The fourth-order valence-electron chi connectivity index (χ4n) is 3.55. The van der Waals surface area contributed by atoms with Gasteiger partial charge in [-0.3, -0.25) is 4.99 Å². The quantitative estimate of drug-likeness (QED) is 0.355. The van der Waals surface area contributed by atoms with Crippen LogP contribution in [0.4, 0.5) is 5.69 Å². The Morgan fingerprint density at radius 1 is 0.900 bits per heavy atom. The van der Waals surface area contributed by atoms with Crippen molar-refractivity contribution >= 4 is 35.6 Å². The number of methoxy groups -OCH3 is 3. The molecule has 0 unspecified atom stereocenters. The lowest BCUT2D eigenvalue weighted by Gasteiger charge is -2.37. The lowest BCUT2D eigenvalue weighted by atomic mass is 10.1. The SMILES string of the molecule is CN=C(NCc1cc(OC)c(OC)cc1OC)N1CCN(c2ccccc2)CC1.I. The third-order valence-corrected chi connectivity index (χ3v) is 5.14. The smallest absolute Gasteiger partial charge is 0.194 e. The topological polar surface area (TPSA) is 58.6 Å². The van der Waals surface area contributed by atoms with Gasteiger partial charge in [-0.1, -0.05) is 18.2 Å². The first-order valence-electron chi connectivity index (χ1n) is 9.74. The number of guanidine groups is 1. The first-order chi connectivity index (χ1) is 14.2. The molecular formula is C22H31IN4O3. The van der Waals surface area contributed by atoms with E-state index in [2.05, 4.69) is 44.4 Å². The summed E-state index contributed by atoms with van der Waals surface area (Å²) in [5, 5.41) is 3.45. The summed E-state index contributed by atoms with van der Waals surface area (Å²) in [4.78, 5) is 9.16. The van der Waals surface area contributed by atoms with Gasteiger partial charge in [-0.05, 0) is 18.2 Å². The number of nitrogens with zero attached hydrogens (tertiary/aromatic N) is 3. The Morgan fingerprint density at radius 2 is 1.50 bits per heavy atom. The number of anilines is 1. The lowest BCUT2D eigenvalue weighted by Crippen LogP contribution is -2.52. The molecule has 1 heterocycles. The number of aliphatic imine (C=N–C) groups is 1. The van der Waals surface area contributed by atoms with E-state index < -0.39 is 0 Å². The molecule has 0 bridgehead atoms. The summed E-state index contributed by atoms with van der Waals surface area (Å²) in [5.74, 6) is 2.96. The second-order valence-corrected chi connectivity index (χ2v) is 6.73. The van der Waals surface area contributed by atoms with Crippen molar-refractivity contribution in [3.63, 3.8) is 0 Å². The predicted molar refractivity (Wildman–Crippen MR) is 132 cm³/mol. The molecule has 164 valence electrons. The highest BCUT2D eigenvalue weighted by Crippen LogP contribution is 2.34. The molecular weight excluding hydrogens is 495 g/mol. The molecule has 0 aliphatic carbocycles. The molecule has 3 rings (SSSR count). The Bertz CT molecular complexity index is 825. The summed E-state index contributed by atoms with van der Waals surface area (Å²) in [6.07, 6.45) is 0. The van der Waals surface area contributed by atoms with Crippen molar-refractivity contribution in [3.05, 3.63) is 48.0 Å². The minimum atomic E-state index is 0. The number of piperazine rings is 1. The number of ether oxygens (including phenoxy) is 3. The van der Waals surface area contributed by atoms with Crippen LogP contribution in [0.2, 0.25) is 0 Å². The van der Waals surface area contributed by atoms with Crippen molar-refractivity contribution in [3.8, 4) is 17.2 Å². The molecule has 0 amide bonds. The van der Waals surface area contributed by atoms with E-state index in [1.54, 1.807) is 21.3 Å². The number of benzene rings is 2. The maximum absolute atomic E-state index is 5.53. The molecule has 8 heteroatoms. The summed E-state index contributed by atoms with van der Waals surface area (Å²) in [6.45, 7) is 4.33. The van der Waals surface area contributed by atoms with Gasteiger partial charge in [0.2, 0.25) is 0 Å². The van der Waals surface area contributed by atoms with E-state index >= 15 is 0 Å². The lowest BCUT2D eigenvalue weighted by molar-refractivity contribution is 0.346. The second kappa shape index (κ2) is 11.7. The Balaban J connectivity index is 0.00000320. The zero-order valence-corrected chi connectivity index (χ0v) is 20.4. The van der Waals surface area contributed by atoms with E-state index in [1.165, 1.54) is 5.69 Å². The van der Waals surface area contributed by atoms with Crippen LogP contribution >= 0.6 is 24.0 Å². The Labute approximate surface area is 196 Å². The third-order valence-electron chi connectivity index (χ3n) is 5.14. The van der Waals surface area contributed by atoms with Crippen molar-refractivity contribution in [2.24, 2.45) is 4.99 Å². The molecule has 0 aromatic heterocycles. The number of hydrogen-bond acceptors (Lipinski definition) is 5. The van der Waals surface area contributed by atoms with Gasteiger partial charge >= 0.3 is 0 Å². The van der Waals surface area contributed by atoms with Gasteiger partial charge in [0, 0.05) is 57.1 Å². The number of para-hydroxylation sites is 1. The standard InChI is InChI=1S/C22H30N4O3.HI/c1-23-22(26-12-10-25(11-13-26)18-8-6-5-7-9-18)24-16-17-14-20(28-3)21(29-4)15-19(17)27-2;/h5-9,14-15H,10-13,16H2,1-4H3,(H,23,24);1H. The summed E-state index contributed by atoms with van der Waals surface area (Å²) in [7, 11) is 6.72. The zero-order chi connectivity index (χ0) is 20.6. The fourth-order valence-corrected chi connectivity index (χ4v) is 3.55. The normalized spacial score (nSPS) is 14.1. The molecule has 2 aromatic carbocycles. The first kappa shape index (κ1) is 23.9. The maximum Gasteiger partial charge on any atom is 0.194 e. The van der Waals surface area contributed by atoms with Gasteiger partial charge in [0.15, 0.2) is 17.5 Å². The zero-order valence-electron chi connectivity index (χ0n) is 18.1. The molecule has 30 heavy (non-hydrogen) atoms. The van der Waals surface area contributed by atoms with E-state index in [9.17, 15) is 0 Å². The average Bonchev–Trinajstić information content (AvgIpc) is 2.80. The van der Waals surface area contributed by atoms with Crippen LogP contribution in [0, 0.1) is 0 Å². The van der Waals surface area contributed by atoms with Crippen molar-refractivity contribution in [2.75, 3.05) is 59.5 Å². The molecule has 1 saturated heterocycles. The van der Waals surface area contributed by atoms with Crippen LogP contribution in [-0.2, 0) is 6.54 Å². The Kier molecular flexibility index (Phi) is 9.35. The maximum atomic E-state index is 5.53. The number of halogens is 1. The largest absolute Gasteiger partial charge is 0.496 e. The van der Waals surface area contributed by atoms with Crippen molar-refractivity contribution in [1.82, 2.24) is 10.2 Å². The molecule has 2 aromatic rings. The monoisotopic (exact) mass is 526 g/mol. The highest BCUT2D eigenvalue weighted by molar-refractivity contribution is 14.0. The van der Waals surface area contributed by atoms with Gasteiger partial charge in [0.05, 0.1) is 21.3 Å². The van der Waals surface area contributed by atoms with Gasteiger partial charge in [-0.25, -0.2) is 0 Å². The molecule has 1 aliphatic rings. The molecule has 1 fully saturated rings. The fraction of sp³-hybridized carbons (Fsp3) is 0.409. The first-order valence-corrected chi connectivity index (χ1v) is 9.74. The molecule has 1 aliphatic heterocycles. The van der Waals surface area contributed by atoms with E-state index in [-0.39, 0.29) is 24.0 Å². The Morgan fingerprint density at radius 3 is 2.07 bits per heavy atom. The third kappa shape index (κ3) is 5.62. The van der Waals surface area contributed by atoms with Crippen LogP contribution in [0.5, 0.6) is 17.2 Å². The number of rotatable bonds is 6. The summed E-state index contributed by atoms with van der Waals surface area (Å²) < 4.78 is 16.3. The van der Waals surface area contributed by atoms with Crippen LogP contribution in [0.3, 0.4) is 0 Å². The second-order valence-electron chi connectivity index (χ2n) is 6.73. The van der Waals surface area contributed by atoms with Crippen LogP contribution in [0.25, 0.3) is 0 Å². The number of nitrogens with one attached hydrogen (secondary N) is 1. The van der Waals surface area contributed by atoms with E-state index in [0.29, 0.717) is 18.0 Å². The Hall–Kier alpha value is -2.36. The molecule has 0 radical (unpaired) electrons. The molecule has 0 atom stereocenters. The molecule has 1 N–H and O–H groups in total.